The third-order valence-corrected chi connectivity index (χ3v) is 6.70. The number of rotatable bonds is 10. The highest BCUT2D eigenvalue weighted by atomic mass is 127. The number of halogens is 1. The van der Waals surface area contributed by atoms with Gasteiger partial charge in [-0.1, -0.05) is 31.2 Å². The van der Waals surface area contributed by atoms with E-state index < -0.39 is 0 Å². The van der Waals surface area contributed by atoms with Crippen molar-refractivity contribution in [1.82, 2.24) is 19.2 Å². The molecule has 0 aliphatic carbocycles. The Balaban J connectivity index is 1.24. The van der Waals surface area contributed by atoms with Crippen LogP contribution in [-0.4, -0.2) is 58.6 Å². The first-order chi connectivity index (χ1) is 16.1. The maximum atomic E-state index is 12.9. The first kappa shape index (κ1) is 23.8. The van der Waals surface area contributed by atoms with Crippen LogP contribution < -0.4 is 15.3 Å². The van der Waals surface area contributed by atoms with Crippen LogP contribution in [0, 0.1) is 3.57 Å². The van der Waals surface area contributed by atoms with Gasteiger partial charge in [-0.05, 0) is 59.3 Å². The van der Waals surface area contributed by atoms with Crippen LogP contribution in [0.1, 0.15) is 19.2 Å². The molecule has 0 saturated carbocycles. The molecule has 0 unspecified atom stereocenters. The Morgan fingerprint density at radius 1 is 0.970 bits per heavy atom. The van der Waals surface area contributed by atoms with Crippen molar-refractivity contribution in [2.45, 2.75) is 32.9 Å². The zero-order valence-electron chi connectivity index (χ0n) is 19.2. The Bertz CT molecular complexity index is 1070. The van der Waals surface area contributed by atoms with Crippen LogP contribution in [0.3, 0.4) is 0 Å². The van der Waals surface area contributed by atoms with Crippen LogP contribution in [0.4, 0.5) is 5.69 Å². The van der Waals surface area contributed by atoms with Gasteiger partial charge in [-0.15, -0.1) is 0 Å². The van der Waals surface area contributed by atoms with Crippen LogP contribution in [-0.2, 0) is 19.5 Å². The van der Waals surface area contributed by atoms with Gasteiger partial charge in [-0.3, -0.25) is 9.47 Å². The van der Waals surface area contributed by atoms with E-state index in [2.05, 4.69) is 61.8 Å². The van der Waals surface area contributed by atoms with Crippen molar-refractivity contribution in [3.63, 3.8) is 0 Å². The van der Waals surface area contributed by atoms with E-state index in [4.69, 9.17) is 4.74 Å². The first-order valence-corrected chi connectivity index (χ1v) is 12.8. The molecule has 2 aromatic carbocycles. The van der Waals surface area contributed by atoms with Gasteiger partial charge in [0.15, 0.2) is 0 Å². The second kappa shape index (κ2) is 11.7. The molecule has 33 heavy (non-hydrogen) atoms. The Hall–Kier alpha value is -2.33. The number of anilines is 1. The summed E-state index contributed by atoms with van der Waals surface area (Å²) < 4.78 is 10.4. The molecule has 176 valence electrons. The number of aryl methyl sites for hydroxylation is 2. The standard InChI is InChI=1S/C25H32IN5O2/c1-2-24-27-31(25(32)30(24)18-19-33-23-10-4-3-5-11-23)13-7-12-28-14-16-29(17-15-28)22-9-6-8-21(26)20-22/h3-6,8-11,20H,2,7,12-19H2,1H3. The number of benzene rings is 2. The Morgan fingerprint density at radius 3 is 2.48 bits per heavy atom. The predicted octanol–water partition coefficient (Wildman–Crippen LogP) is 3.50. The van der Waals surface area contributed by atoms with Crippen LogP contribution in [0.15, 0.2) is 59.4 Å². The SMILES string of the molecule is CCc1nn(CCCN2CCN(c3cccc(I)c3)CC2)c(=O)n1CCOc1ccccc1. The van der Waals surface area contributed by atoms with Crippen molar-refractivity contribution in [3.05, 3.63) is 74.5 Å². The van der Waals surface area contributed by atoms with Crippen LogP contribution in [0.5, 0.6) is 5.75 Å². The molecule has 3 aromatic rings. The normalized spacial score (nSPS) is 14.5. The van der Waals surface area contributed by atoms with E-state index in [1.165, 1.54) is 9.26 Å². The van der Waals surface area contributed by atoms with Gasteiger partial charge in [-0.2, -0.15) is 5.10 Å². The minimum Gasteiger partial charge on any atom is -0.492 e. The summed E-state index contributed by atoms with van der Waals surface area (Å²) in [5.41, 5.74) is 1.27. The van der Waals surface area contributed by atoms with Crippen LogP contribution in [0.25, 0.3) is 0 Å². The molecule has 4 rings (SSSR count). The lowest BCUT2D eigenvalue weighted by Gasteiger charge is -2.36. The topological polar surface area (TPSA) is 55.5 Å². The fourth-order valence-electron chi connectivity index (χ4n) is 4.24. The molecule has 2 heterocycles. The lowest BCUT2D eigenvalue weighted by molar-refractivity contribution is 0.248. The zero-order valence-corrected chi connectivity index (χ0v) is 21.4. The third kappa shape index (κ3) is 6.38. The summed E-state index contributed by atoms with van der Waals surface area (Å²) in [6.07, 6.45) is 1.65. The molecule has 1 saturated heterocycles. The molecule has 0 N–H and O–H groups in total. The molecular weight excluding hydrogens is 529 g/mol. The summed E-state index contributed by atoms with van der Waals surface area (Å²) in [5.74, 6) is 1.64. The van der Waals surface area contributed by atoms with Crippen LogP contribution >= 0.6 is 22.6 Å². The summed E-state index contributed by atoms with van der Waals surface area (Å²) in [5, 5.41) is 4.58. The second-order valence-electron chi connectivity index (χ2n) is 8.25. The summed E-state index contributed by atoms with van der Waals surface area (Å²) in [6.45, 7) is 8.80. The summed E-state index contributed by atoms with van der Waals surface area (Å²) in [7, 11) is 0. The maximum absolute atomic E-state index is 12.9. The van der Waals surface area contributed by atoms with Crippen molar-refractivity contribution in [2.24, 2.45) is 0 Å². The molecule has 0 spiro atoms. The summed E-state index contributed by atoms with van der Waals surface area (Å²) >= 11 is 2.37. The second-order valence-corrected chi connectivity index (χ2v) is 9.50. The minimum atomic E-state index is -0.0352. The van der Waals surface area contributed by atoms with E-state index in [9.17, 15) is 4.79 Å². The number of hydrogen-bond acceptors (Lipinski definition) is 5. The highest BCUT2D eigenvalue weighted by molar-refractivity contribution is 14.1. The van der Waals surface area contributed by atoms with E-state index in [0.29, 0.717) is 19.7 Å². The predicted molar refractivity (Wildman–Crippen MR) is 140 cm³/mol. The quantitative estimate of drug-likeness (QED) is 0.355. The molecule has 0 amide bonds. The summed E-state index contributed by atoms with van der Waals surface area (Å²) in [4.78, 5) is 17.8. The average Bonchev–Trinajstić information content (AvgIpc) is 3.15. The molecule has 7 nitrogen and oxygen atoms in total. The van der Waals surface area contributed by atoms with Crippen molar-refractivity contribution >= 4 is 28.3 Å². The first-order valence-electron chi connectivity index (χ1n) is 11.7. The fraction of sp³-hybridized carbons (Fsp3) is 0.440. The maximum Gasteiger partial charge on any atom is 0.346 e. The fourth-order valence-corrected chi connectivity index (χ4v) is 4.76. The van der Waals surface area contributed by atoms with E-state index in [1.54, 1.807) is 9.25 Å². The van der Waals surface area contributed by atoms with Gasteiger partial charge in [0.2, 0.25) is 0 Å². The number of nitrogens with zero attached hydrogens (tertiary/aromatic N) is 5. The number of hydrogen-bond donors (Lipinski definition) is 0. The molecule has 1 aliphatic heterocycles. The smallest absolute Gasteiger partial charge is 0.346 e. The van der Waals surface area contributed by atoms with Gasteiger partial charge in [0.25, 0.3) is 0 Å². The monoisotopic (exact) mass is 561 g/mol. The van der Waals surface area contributed by atoms with E-state index in [1.807, 2.05) is 37.3 Å². The lowest BCUT2D eigenvalue weighted by atomic mass is 10.2. The van der Waals surface area contributed by atoms with Gasteiger partial charge in [0.05, 0.1) is 6.54 Å². The Kier molecular flexibility index (Phi) is 8.44. The molecule has 0 bridgehead atoms. The molecular formula is C25H32IN5O2. The Morgan fingerprint density at radius 2 is 1.76 bits per heavy atom. The van der Waals surface area contributed by atoms with Gasteiger partial charge in [0, 0.05) is 54.9 Å². The largest absolute Gasteiger partial charge is 0.492 e. The van der Waals surface area contributed by atoms with Gasteiger partial charge in [-0.25, -0.2) is 9.48 Å². The number of para-hydroxylation sites is 1. The van der Waals surface area contributed by atoms with Gasteiger partial charge < -0.3 is 9.64 Å². The molecule has 8 heteroatoms. The lowest BCUT2D eigenvalue weighted by Crippen LogP contribution is -2.46. The van der Waals surface area contributed by atoms with E-state index in [0.717, 1.165) is 57.1 Å². The molecule has 1 fully saturated rings. The number of piperazine rings is 1. The van der Waals surface area contributed by atoms with Crippen molar-refractivity contribution in [2.75, 3.05) is 44.2 Å². The minimum absolute atomic E-state index is 0.0352. The van der Waals surface area contributed by atoms with Crippen molar-refractivity contribution in [1.29, 1.82) is 0 Å². The number of aromatic nitrogens is 3. The highest BCUT2D eigenvalue weighted by Gasteiger charge is 2.18. The van der Waals surface area contributed by atoms with Crippen molar-refractivity contribution < 1.29 is 4.74 Å². The molecule has 1 aromatic heterocycles. The van der Waals surface area contributed by atoms with Gasteiger partial charge >= 0.3 is 5.69 Å². The molecule has 1 aliphatic rings. The summed E-state index contributed by atoms with van der Waals surface area (Å²) in [6, 6.07) is 18.4. The van der Waals surface area contributed by atoms with Gasteiger partial charge in [0.1, 0.15) is 18.2 Å². The average molecular weight is 561 g/mol. The Labute approximate surface area is 209 Å². The van der Waals surface area contributed by atoms with Crippen molar-refractivity contribution in [3.8, 4) is 5.75 Å². The zero-order chi connectivity index (χ0) is 23.0. The van der Waals surface area contributed by atoms with Crippen LogP contribution in [0.2, 0.25) is 0 Å². The highest BCUT2D eigenvalue weighted by Crippen LogP contribution is 2.19. The number of ether oxygens (including phenoxy) is 1. The molecule has 0 atom stereocenters. The van der Waals surface area contributed by atoms with E-state index >= 15 is 0 Å². The van der Waals surface area contributed by atoms with E-state index in [-0.39, 0.29) is 5.69 Å². The third-order valence-electron chi connectivity index (χ3n) is 6.03. The molecule has 0 radical (unpaired) electrons.